The number of aryl methyl sites for hydroxylation is 1. The fourth-order valence-corrected chi connectivity index (χ4v) is 3.41. The molecule has 0 aliphatic carbocycles. The molecule has 3 aromatic carbocycles. The number of carbonyl (C=O) groups is 1. The second-order valence-corrected chi connectivity index (χ2v) is 8.06. The molecule has 4 aromatic rings. The summed E-state index contributed by atoms with van der Waals surface area (Å²) in [7, 11) is 0. The molecule has 164 valence electrons. The quantitative estimate of drug-likeness (QED) is 0.222. The van der Waals surface area contributed by atoms with E-state index in [1.807, 2.05) is 43.3 Å². The molecule has 0 saturated heterocycles. The van der Waals surface area contributed by atoms with E-state index in [0.717, 1.165) is 10.0 Å². The summed E-state index contributed by atoms with van der Waals surface area (Å²) in [6.07, 6.45) is 1.33. The molecule has 1 aromatic heterocycles. The minimum atomic E-state index is -0.534. The van der Waals surface area contributed by atoms with Gasteiger partial charge in [-0.2, -0.15) is 5.10 Å². The number of halogens is 1. The number of hydrogen-bond acceptors (Lipinski definition) is 6. The first-order chi connectivity index (χ1) is 15.9. The molecule has 1 N–H and O–H groups in total. The fraction of sp³-hybridized carbons (Fsp3) is 0.0417. The Balaban J connectivity index is 1.70. The highest BCUT2D eigenvalue weighted by molar-refractivity contribution is 9.10. The van der Waals surface area contributed by atoms with E-state index in [9.17, 15) is 14.9 Å². The van der Waals surface area contributed by atoms with Crippen LogP contribution in [-0.4, -0.2) is 17.0 Å². The number of nitro benzene ring substituents is 1. The second kappa shape index (κ2) is 9.58. The highest BCUT2D eigenvalue weighted by atomic mass is 79.9. The van der Waals surface area contributed by atoms with Crippen molar-refractivity contribution in [2.75, 3.05) is 0 Å². The molecule has 0 spiro atoms. The zero-order valence-corrected chi connectivity index (χ0v) is 18.9. The van der Waals surface area contributed by atoms with Crippen molar-refractivity contribution in [3.05, 3.63) is 110 Å². The third-order valence-corrected chi connectivity index (χ3v) is 5.17. The van der Waals surface area contributed by atoms with Gasteiger partial charge in [0.1, 0.15) is 11.1 Å². The lowest BCUT2D eigenvalue weighted by atomic mass is 10.1. The van der Waals surface area contributed by atoms with E-state index in [1.54, 1.807) is 24.3 Å². The summed E-state index contributed by atoms with van der Waals surface area (Å²) in [5.74, 6) is -0.534. The topological polar surface area (TPSA) is 110 Å². The molecular weight excluding hydrogens is 488 g/mol. The van der Waals surface area contributed by atoms with Crippen LogP contribution in [0.3, 0.4) is 0 Å². The van der Waals surface area contributed by atoms with Gasteiger partial charge in [0.15, 0.2) is 0 Å². The Kier molecular flexibility index (Phi) is 6.41. The third-order valence-electron chi connectivity index (χ3n) is 4.68. The van der Waals surface area contributed by atoms with Crippen LogP contribution < -0.4 is 11.0 Å². The minimum Gasteiger partial charge on any atom is -0.438 e. The average Bonchev–Trinajstić information content (AvgIpc) is 2.80. The largest absolute Gasteiger partial charge is 0.438 e. The molecule has 4 rings (SSSR count). The van der Waals surface area contributed by atoms with E-state index in [4.69, 9.17) is 4.42 Å². The first-order valence-electron chi connectivity index (χ1n) is 9.82. The Hall–Kier alpha value is -4.11. The Labute approximate surface area is 196 Å². The number of non-ortho nitro benzene ring substituents is 1. The van der Waals surface area contributed by atoms with Crippen molar-refractivity contribution in [1.29, 1.82) is 0 Å². The summed E-state index contributed by atoms with van der Waals surface area (Å²) < 4.78 is 6.77. The van der Waals surface area contributed by atoms with Crippen LogP contribution in [0.15, 0.2) is 91.8 Å². The molecule has 9 heteroatoms. The van der Waals surface area contributed by atoms with E-state index in [0.29, 0.717) is 22.2 Å². The predicted octanol–water partition coefficient (Wildman–Crippen LogP) is 5.41. The van der Waals surface area contributed by atoms with E-state index in [-0.39, 0.29) is 16.8 Å². The summed E-state index contributed by atoms with van der Waals surface area (Å²) in [6.45, 7) is 1.97. The summed E-state index contributed by atoms with van der Waals surface area (Å²) in [5.41, 5.74) is 5.46. The maximum Gasteiger partial charge on any atom is 0.276 e. The van der Waals surface area contributed by atoms with Crippen molar-refractivity contribution in [3.63, 3.8) is 0 Å². The van der Waals surface area contributed by atoms with Gasteiger partial charge in [-0.1, -0.05) is 45.8 Å². The molecule has 0 saturated carbocycles. The van der Waals surface area contributed by atoms with Crippen molar-refractivity contribution in [2.45, 2.75) is 6.92 Å². The van der Waals surface area contributed by atoms with Crippen LogP contribution in [0, 0.1) is 17.0 Å². The Morgan fingerprint density at radius 1 is 1.09 bits per heavy atom. The number of nitro groups is 1. The van der Waals surface area contributed by atoms with Crippen molar-refractivity contribution in [2.24, 2.45) is 10.1 Å². The maximum absolute atomic E-state index is 12.9. The van der Waals surface area contributed by atoms with Crippen LogP contribution in [0.5, 0.6) is 0 Å². The number of rotatable bonds is 5. The van der Waals surface area contributed by atoms with Crippen LogP contribution in [0.25, 0.3) is 11.0 Å². The summed E-state index contributed by atoms with van der Waals surface area (Å²) in [6, 6.07) is 20.5. The van der Waals surface area contributed by atoms with Crippen LogP contribution >= 0.6 is 15.9 Å². The first kappa shape index (κ1) is 22.1. The van der Waals surface area contributed by atoms with Gasteiger partial charge in [-0.05, 0) is 43.3 Å². The standard InChI is InChI=1S/C24H17BrN4O4/c1-15-5-8-19(9-6-15)27-24-21(13-17-12-18(25)7-10-22(17)33-24)23(30)28-26-14-16-3-2-4-20(11-16)29(31)32/h2-14H,1H3,(H,28,30)/b26-14+,27-24?. The summed E-state index contributed by atoms with van der Waals surface area (Å²) in [4.78, 5) is 27.9. The van der Waals surface area contributed by atoms with Gasteiger partial charge in [-0.3, -0.25) is 14.9 Å². The number of carbonyl (C=O) groups excluding carboxylic acids is 1. The highest BCUT2D eigenvalue weighted by Gasteiger charge is 2.13. The normalized spacial score (nSPS) is 11.8. The van der Waals surface area contributed by atoms with E-state index < -0.39 is 10.8 Å². The van der Waals surface area contributed by atoms with Gasteiger partial charge < -0.3 is 4.42 Å². The van der Waals surface area contributed by atoms with Gasteiger partial charge in [-0.25, -0.2) is 10.4 Å². The van der Waals surface area contributed by atoms with E-state index in [2.05, 4.69) is 31.4 Å². The molecular formula is C24H17BrN4O4. The number of benzene rings is 3. The number of nitrogens with zero attached hydrogens (tertiary/aromatic N) is 3. The number of hydrogen-bond donors (Lipinski definition) is 1. The molecule has 8 nitrogen and oxygen atoms in total. The lowest BCUT2D eigenvalue weighted by molar-refractivity contribution is -0.384. The predicted molar refractivity (Wildman–Crippen MR) is 128 cm³/mol. The molecule has 0 aliphatic heterocycles. The maximum atomic E-state index is 12.9. The molecule has 1 heterocycles. The molecule has 0 aliphatic rings. The monoisotopic (exact) mass is 504 g/mol. The SMILES string of the molecule is Cc1ccc(N=c2oc3ccc(Br)cc3cc2C(=O)N/N=C/c2cccc([N+](=O)[O-])c2)cc1. The Bertz CT molecular complexity index is 1460. The van der Waals surface area contributed by atoms with Crippen LogP contribution in [0.2, 0.25) is 0 Å². The Morgan fingerprint density at radius 2 is 1.88 bits per heavy atom. The molecule has 0 fully saturated rings. The molecule has 0 radical (unpaired) electrons. The lowest BCUT2D eigenvalue weighted by Crippen LogP contribution is -2.25. The third kappa shape index (κ3) is 5.39. The molecule has 33 heavy (non-hydrogen) atoms. The van der Waals surface area contributed by atoms with Crippen molar-refractivity contribution in [1.82, 2.24) is 5.43 Å². The van der Waals surface area contributed by atoms with Crippen LogP contribution in [0.4, 0.5) is 11.4 Å². The lowest BCUT2D eigenvalue weighted by Gasteiger charge is -2.05. The molecule has 1 amide bonds. The zero-order valence-electron chi connectivity index (χ0n) is 17.4. The van der Waals surface area contributed by atoms with Crippen molar-refractivity contribution in [3.8, 4) is 0 Å². The van der Waals surface area contributed by atoms with Gasteiger partial charge in [0.05, 0.1) is 16.8 Å². The van der Waals surface area contributed by atoms with E-state index in [1.165, 1.54) is 18.3 Å². The first-order valence-corrected chi connectivity index (χ1v) is 10.6. The van der Waals surface area contributed by atoms with Gasteiger partial charge in [0, 0.05) is 27.6 Å². The summed E-state index contributed by atoms with van der Waals surface area (Å²) >= 11 is 3.42. The molecule has 0 atom stereocenters. The molecule has 0 bridgehead atoms. The second-order valence-electron chi connectivity index (χ2n) is 7.15. The molecule has 0 unspecified atom stereocenters. The highest BCUT2D eigenvalue weighted by Crippen LogP contribution is 2.20. The number of nitrogens with one attached hydrogen (secondary N) is 1. The van der Waals surface area contributed by atoms with E-state index >= 15 is 0 Å². The zero-order chi connectivity index (χ0) is 23.4. The van der Waals surface area contributed by atoms with Gasteiger partial charge in [-0.15, -0.1) is 0 Å². The van der Waals surface area contributed by atoms with Crippen LogP contribution in [0.1, 0.15) is 21.5 Å². The fourth-order valence-electron chi connectivity index (χ4n) is 3.03. The van der Waals surface area contributed by atoms with Gasteiger partial charge in [0.25, 0.3) is 11.6 Å². The number of hydrazone groups is 1. The van der Waals surface area contributed by atoms with Gasteiger partial charge in [0.2, 0.25) is 5.55 Å². The minimum absolute atomic E-state index is 0.0663. The number of amides is 1. The smallest absolute Gasteiger partial charge is 0.276 e. The average molecular weight is 505 g/mol. The number of fused-ring (bicyclic) bond motifs is 1. The Morgan fingerprint density at radius 3 is 2.64 bits per heavy atom. The van der Waals surface area contributed by atoms with Crippen molar-refractivity contribution >= 4 is 50.4 Å². The summed E-state index contributed by atoms with van der Waals surface area (Å²) in [5, 5.41) is 15.6. The van der Waals surface area contributed by atoms with Crippen LogP contribution in [-0.2, 0) is 0 Å². The van der Waals surface area contributed by atoms with Gasteiger partial charge >= 0.3 is 0 Å². The van der Waals surface area contributed by atoms with Crippen molar-refractivity contribution < 1.29 is 14.1 Å².